The maximum absolute atomic E-state index is 12.3. The van der Waals surface area contributed by atoms with Crippen LogP contribution in [0, 0.1) is 0 Å². The van der Waals surface area contributed by atoms with Crippen molar-refractivity contribution in [1.82, 2.24) is 4.90 Å². The molecule has 0 aliphatic rings. The molecule has 0 saturated carbocycles. The molecule has 6 nitrogen and oxygen atoms in total. The molecule has 0 aliphatic carbocycles. The number of carbonyl (C=O) groups is 2. The van der Waals surface area contributed by atoms with Crippen LogP contribution in [-0.4, -0.2) is 35.3 Å². The van der Waals surface area contributed by atoms with Crippen molar-refractivity contribution in [3.8, 4) is 0 Å². The van der Waals surface area contributed by atoms with Crippen LogP contribution < -0.4 is 16.8 Å². The van der Waals surface area contributed by atoms with Crippen molar-refractivity contribution >= 4 is 34.8 Å². The minimum absolute atomic E-state index is 0.00790. The number of halogens is 1. The number of anilines is 2. The van der Waals surface area contributed by atoms with Crippen molar-refractivity contribution in [2.24, 2.45) is 5.73 Å². The quantitative estimate of drug-likeness (QED) is 0.692. The van der Waals surface area contributed by atoms with E-state index in [1.54, 1.807) is 30.0 Å². The predicted octanol–water partition coefficient (Wildman–Crippen LogP) is 1.44. The first-order valence-corrected chi connectivity index (χ1v) is 7.00. The Bertz CT molecular complexity index is 534. The lowest BCUT2D eigenvalue weighted by Gasteiger charge is -2.30. The van der Waals surface area contributed by atoms with Gasteiger partial charge in [0.25, 0.3) is 0 Å². The average molecular weight is 313 g/mol. The van der Waals surface area contributed by atoms with Gasteiger partial charge in [-0.05, 0) is 39.0 Å². The zero-order valence-corrected chi connectivity index (χ0v) is 13.1. The molecule has 0 heterocycles. The molecule has 0 fully saturated rings. The molecule has 0 spiro atoms. The van der Waals surface area contributed by atoms with Gasteiger partial charge in [0.1, 0.15) is 0 Å². The molecule has 0 saturated heterocycles. The molecule has 0 aromatic heterocycles. The monoisotopic (exact) mass is 312 g/mol. The minimum atomic E-state index is -0.505. The molecule has 5 N–H and O–H groups in total. The maximum atomic E-state index is 12.3. The van der Waals surface area contributed by atoms with Crippen molar-refractivity contribution in [2.75, 3.05) is 17.6 Å². The van der Waals surface area contributed by atoms with Gasteiger partial charge in [-0.15, -0.1) is 0 Å². The number of amides is 2. The number of nitrogens with one attached hydrogen (secondary N) is 1. The van der Waals surface area contributed by atoms with Crippen molar-refractivity contribution < 1.29 is 9.59 Å². The molecule has 116 valence electrons. The second-order valence-corrected chi connectivity index (χ2v) is 5.54. The summed E-state index contributed by atoms with van der Waals surface area (Å²) in [6.07, 6.45) is 0. The summed E-state index contributed by atoms with van der Waals surface area (Å²) < 4.78 is 0. The Morgan fingerprint density at radius 2 is 1.95 bits per heavy atom. The van der Waals surface area contributed by atoms with E-state index in [1.165, 1.54) is 0 Å². The molecule has 1 aromatic rings. The molecule has 0 bridgehead atoms. The van der Waals surface area contributed by atoms with E-state index in [0.29, 0.717) is 16.4 Å². The fourth-order valence-electron chi connectivity index (χ4n) is 1.97. The number of nitrogen functional groups attached to an aromatic ring is 1. The summed E-state index contributed by atoms with van der Waals surface area (Å²) in [6, 6.07) is 4.36. The largest absolute Gasteiger partial charge is 0.397 e. The first-order valence-electron chi connectivity index (χ1n) is 6.62. The summed E-state index contributed by atoms with van der Waals surface area (Å²) >= 11 is 5.83. The van der Waals surface area contributed by atoms with E-state index in [1.807, 2.05) is 13.8 Å². The summed E-state index contributed by atoms with van der Waals surface area (Å²) in [7, 11) is 0. The number of hydrogen-bond donors (Lipinski definition) is 3. The second-order valence-electron chi connectivity index (χ2n) is 5.13. The molecule has 1 unspecified atom stereocenters. The highest BCUT2D eigenvalue weighted by molar-refractivity contribution is 6.33. The van der Waals surface area contributed by atoms with Crippen LogP contribution in [0.25, 0.3) is 0 Å². The van der Waals surface area contributed by atoms with Crippen LogP contribution in [0.4, 0.5) is 11.4 Å². The molecule has 7 heteroatoms. The zero-order valence-electron chi connectivity index (χ0n) is 12.4. The van der Waals surface area contributed by atoms with E-state index in [9.17, 15) is 9.59 Å². The second kappa shape index (κ2) is 7.28. The van der Waals surface area contributed by atoms with Gasteiger partial charge in [-0.2, -0.15) is 0 Å². The van der Waals surface area contributed by atoms with Crippen molar-refractivity contribution in [3.05, 3.63) is 23.2 Å². The summed E-state index contributed by atoms with van der Waals surface area (Å²) in [5, 5.41) is 3.18. The first-order chi connectivity index (χ1) is 9.72. The highest BCUT2D eigenvalue weighted by Crippen LogP contribution is 2.22. The molecule has 0 aliphatic heterocycles. The SMILES string of the molecule is CC(C)N(CC(N)=O)C(C)C(=O)Nc1ccc(Cl)c(N)c1. The number of benzene rings is 1. The summed E-state index contributed by atoms with van der Waals surface area (Å²) in [6.45, 7) is 5.53. The number of rotatable bonds is 6. The Morgan fingerprint density at radius 3 is 2.43 bits per heavy atom. The van der Waals surface area contributed by atoms with Gasteiger partial charge in [0.15, 0.2) is 0 Å². The third-order valence-corrected chi connectivity index (χ3v) is 3.49. The molecule has 1 rings (SSSR count). The average Bonchev–Trinajstić information content (AvgIpc) is 2.39. The van der Waals surface area contributed by atoms with Crippen LogP contribution >= 0.6 is 11.6 Å². The minimum Gasteiger partial charge on any atom is -0.397 e. The topological polar surface area (TPSA) is 101 Å². The third-order valence-electron chi connectivity index (χ3n) is 3.14. The molecular weight excluding hydrogens is 292 g/mol. The Hall–Kier alpha value is -1.79. The van der Waals surface area contributed by atoms with E-state index in [0.717, 1.165) is 0 Å². The van der Waals surface area contributed by atoms with Crippen LogP contribution in [0.2, 0.25) is 5.02 Å². The molecular formula is C14H21ClN4O2. The third kappa shape index (κ3) is 4.91. The van der Waals surface area contributed by atoms with Crippen molar-refractivity contribution in [2.45, 2.75) is 32.9 Å². The Balaban J connectivity index is 2.80. The lowest BCUT2D eigenvalue weighted by atomic mass is 10.2. The molecule has 1 aromatic carbocycles. The van der Waals surface area contributed by atoms with Gasteiger partial charge in [0, 0.05) is 11.7 Å². The van der Waals surface area contributed by atoms with E-state index >= 15 is 0 Å². The van der Waals surface area contributed by atoms with Gasteiger partial charge in [-0.3, -0.25) is 14.5 Å². The van der Waals surface area contributed by atoms with Crippen molar-refractivity contribution in [1.29, 1.82) is 0 Å². The first kappa shape index (κ1) is 17.3. The lowest BCUT2D eigenvalue weighted by molar-refractivity contribution is -0.124. The van der Waals surface area contributed by atoms with Gasteiger partial charge in [-0.25, -0.2) is 0 Å². The van der Waals surface area contributed by atoms with Gasteiger partial charge in [0.2, 0.25) is 11.8 Å². The lowest BCUT2D eigenvalue weighted by Crippen LogP contribution is -2.49. The fraction of sp³-hybridized carbons (Fsp3) is 0.429. The van der Waals surface area contributed by atoms with Crippen molar-refractivity contribution in [3.63, 3.8) is 0 Å². The fourth-order valence-corrected chi connectivity index (χ4v) is 2.08. The summed E-state index contributed by atoms with van der Waals surface area (Å²) in [4.78, 5) is 25.1. The van der Waals surface area contributed by atoms with Crippen LogP contribution in [-0.2, 0) is 9.59 Å². The summed E-state index contributed by atoms with van der Waals surface area (Å²) in [5.41, 5.74) is 11.8. The normalized spacial score (nSPS) is 12.5. The van der Waals surface area contributed by atoms with Crippen LogP contribution in [0.5, 0.6) is 0 Å². The highest BCUT2D eigenvalue weighted by atomic mass is 35.5. The Kier molecular flexibility index (Phi) is 5.99. The number of carbonyl (C=O) groups excluding carboxylic acids is 2. The standard InChI is InChI=1S/C14H21ClN4O2/c1-8(2)19(7-13(17)20)9(3)14(21)18-10-4-5-11(15)12(16)6-10/h4-6,8-9H,7,16H2,1-3H3,(H2,17,20)(H,18,21). The zero-order chi connectivity index (χ0) is 16.2. The number of nitrogens with zero attached hydrogens (tertiary/aromatic N) is 1. The van der Waals surface area contributed by atoms with Crippen LogP contribution in [0.15, 0.2) is 18.2 Å². The molecule has 21 heavy (non-hydrogen) atoms. The number of nitrogens with two attached hydrogens (primary N) is 2. The van der Waals surface area contributed by atoms with E-state index in [2.05, 4.69) is 5.32 Å². The maximum Gasteiger partial charge on any atom is 0.241 e. The Morgan fingerprint density at radius 1 is 1.33 bits per heavy atom. The molecule has 0 radical (unpaired) electrons. The van der Waals surface area contributed by atoms with Gasteiger partial charge >= 0.3 is 0 Å². The van der Waals surface area contributed by atoms with Crippen LogP contribution in [0.1, 0.15) is 20.8 Å². The molecule has 2 amide bonds. The highest BCUT2D eigenvalue weighted by Gasteiger charge is 2.25. The van der Waals surface area contributed by atoms with Gasteiger partial charge in [-0.1, -0.05) is 11.6 Å². The Labute approximate surface area is 129 Å². The van der Waals surface area contributed by atoms with E-state index in [4.69, 9.17) is 23.1 Å². The smallest absolute Gasteiger partial charge is 0.241 e. The molecule has 1 atom stereocenters. The summed E-state index contributed by atoms with van der Waals surface area (Å²) in [5.74, 6) is -0.717. The van der Waals surface area contributed by atoms with Gasteiger partial charge in [0.05, 0.1) is 23.3 Å². The number of primary amides is 1. The van der Waals surface area contributed by atoms with E-state index in [-0.39, 0.29) is 18.5 Å². The predicted molar refractivity (Wildman–Crippen MR) is 85.0 cm³/mol. The van der Waals surface area contributed by atoms with E-state index < -0.39 is 11.9 Å². The number of hydrogen-bond acceptors (Lipinski definition) is 4. The van der Waals surface area contributed by atoms with Gasteiger partial charge < -0.3 is 16.8 Å². The van der Waals surface area contributed by atoms with Crippen LogP contribution in [0.3, 0.4) is 0 Å².